The van der Waals surface area contributed by atoms with Gasteiger partial charge in [0.15, 0.2) is 0 Å². The Morgan fingerprint density at radius 3 is 2.41 bits per heavy atom. The lowest BCUT2D eigenvalue weighted by atomic mass is 9.66. The van der Waals surface area contributed by atoms with E-state index in [1.165, 1.54) is 48.2 Å². The van der Waals surface area contributed by atoms with Crippen molar-refractivity contribution in [2.45, 2.75) is 51.4 Å². The molecule has 0 unspecified atom stereocenters. The Balaban J connectivity index is 1.77. The summed E-state index contributed by atoms with van der Waals surface area (Å²) in [4.78, 5) is 4.65. The van der Waals surface area contributed by atoms with Gasteiger partial charge >= 0.3 is 0 Å². The lowest BCUT2D eigenvalue weighted by Gasteiger charge is -2.40. The zero-order valence-electron chi connectivity index (χ0n) is 13.1. The Morgan fingerprint density at radius 1 is 1.05 bits per heavy atom. The minimum Gasteiger partial charge on any atom is -0.354 e. The maximum absolute atomic E-state index is 6.26. The Hall–Kier alpha value is -1.54. The van der Waals surface area contributed by atoms with Crippen molar-refractivity contribution in [2.75, 3.05) is 5.32 Å². The van der Waals surface area contributed by atoms with Crippen molar-refractivity contribution >= 4 is 23.0 Å². The van der Waals surface area contributed by atoms with Crippen molar-refractivity contribution in [3.63, 3.8) is 0 Å². The summed E-state index contributed by atoms with van der Waals surface area (Å²) in [6.45, 7) is 4.19. The van der Waals surface area contributed by atoms with Crippen molar-refractivity contribution in [3.05, 3.63) is 51.8 Å². The molecule has 3 aliphatic rings. The Labute approximate surface area is 136 Å². The number of rotatable bonds is 2. The van der Waals surface area contributed by atoms with E-state index in [2.05, 4.69) is 29.4 Å². The molecular formula is C19H21ClN2. The van der Waals surface area contributed by atoms with Gasteiger partial charge in [-0.3, -0.25) is 4.98 Å². The summed E-state index contributed by atoms with van der Waals surface area (Å²) in [5.74, 6) is 1.42. The van der Waals surface area contributed by atoms with Crippen LogP contribution in [0, 0.1) is 13.8 Å². The molecule has 2 bridgehead atoms. The van der Waals surface area contributed by atoms with Crippen LogP contribution in [0.2, 0.25) is 5.02 Å². The molecule has 5 rings (SSSR count). The molecule has 2 aromatic rings. The van der Waals surface area contributed by atoms with Crippen LogP contribution in [0.15, 0.2) is 24.4 Å². The molecule has 2 nitrogen and oxygen atoms in total. The quantitative estimate of drug-likeness (QED) is 0.752. The molecule has 0 saturated heterocycles. The first-order valence-corrected chi connectivity index (χ1v) is 8.54. The van der Waals surface area contributed by atoms with Gasteiger partial charge in [0.1, 0.15) is 0 Å². The van der Waals surface area contributed by atoms with Crippen molar-refractivity contribution in [3.8, 4) is 0 Å². The molecule has 0 aliphatic heterocycles. The fourth-order valence-electron chi connectivity index (χ4n) is 4.19. The van der Waals surface area contributed by atoms with Gasteiger partial charge in [-0.1, -0.05) is 17.7 Å². The third kappa shape index (κ3) is 2.21. The van der Waals surface area contributed by atoms with Crippen molar-refractivity contribution in [1.29, 1.82) is 0 Å². The van der Waals surface area contributed by atoms with Crippen LogP contribution in [0.4, 0.5) is 11.4 Å². The van der Waals surface area contributed by atoms with Crippen LogP contribution in [0.1, 0.15) is 59.9 Å². The van der Waals surface area contributed by atoms with Gasteiger partial charge in [0.25, 0.3) is 0 Å². The summed E-state index contributed by atoms with van der Waals surface area (Å²) in [7, 11) is 0. The van der Waals surface area contributed by atoms with E-state index in [0.29, 0.717) is 5.92 Å². The molecule has 22 heavy (non-hydrogen) atoms. The second-order valence-corrected chi connectivity index (χ2v) is 7.13. The van der Waals surface area contributed by atoms with E-state index in [-0.39, 0.29) is 0 Å². The van der Waals surface area contributed by atoms with Crippen LogP contribution in [-0.2, 0) is 0 Å². The average molecular weight is 313 g/mol. The van der Waals surface area contributed by atoms with E-state index in [0.717, 1.165) is 22.2 Å². The fourth-order valence-corrected chi connectivity index (χ4v) is 4.37. The summed E-state index contributed by atoms with van der Waals surface area (Å²) >= 11 is 6.26. The summed E-state index contributed by atoms with van der Waals surface area (Å²) < 4.78 is 0. The molecule has 1 saturated carbocycles. The van der Waals surface area contributed by atoms with Crippen LogP contribution in [-0.4, -0.2) is 4.98 Å². The lowest BCUT2D eigenvalue weighted by molar-refractivity contribution is 0.357. The highest BCUT2D eigenvalue weighted by Crippen LogP contribution is 2.52. The third-order valence-electron chi connectivity index (χ3n) is 5.35. The highest BCUT2D eigenvalue weighted by molar-refractivity contribution is 6.31. The monoisotopic (exact) mass is 312 g/mol. The van der Waals surface area contributed by atoms with Gasteiger partial charge in [-0.15, -0.1) is 0 Å². The summed E-state index contributed by atoms with van der Waals surface area (Å²) in [6.07, 6.45) is 7.32. The van der Waals surface area contributed by atoms with Crippen molar-refractivity contribution < 1.29 is 0 Å². The number of pyridine rings is 1. The highest BCUT2D eigenvalue weighted by Gasteiger charge is 2.36. The number of aromatic nitrogens is 1. The molecule has 1 heterocycles. The SMILES string of the molecule is Cc1ccc(Nc2cnc(C)c3c2C2CCC3CC2)cc1Cl. The van der Waals surface area contributed by atoms with E-state index >= 15 is 0 Å². The van der Waals surface area contributed by atoms with E-state index in [4.69, 9.17) is 11.6 Å². The van der Waals surface area contributed by atoms with Gasteiger partial charge in [-0.05, 0) is 80.2 Å². The molecule has 1 aromatic carbocycles. The van der Waals surface area contributed by atoms with Gasteiger partial charge in [0.2, 0.25) is 0 Å². The highest BCUT2D eigenvalue weighted by atomic mass is 35.5. The van der Waals surface area contributed by atoms with Crippen LogP contribution in [0.5, 0.6) is 0 Å². The van der Waals surface area contributed by atoms with Crippen LogP contribution in [0.3, 0.4) is 0 Å². The number of anilines is 2. The first-order valence-electron chi connectivity index (χ1n) is 8.16. The number of aryl methyl sites for hydroxylation is 2. The van der Waals surface area contributed by atoms with E-state index in [9.17, 15) is 0 Å². The molecule has 3 aliphatic carbocycles. The first-order chi connectivity index (χ1) is 10.6. The Morgan fingerprint density at radius 2 is 1.73 bits per heavy atom. The summed E-state index contributed by atoms with van der Waals surface area (Å²) in [5, 5.41) is 4.37. The predicted octanol–water partition coefficient (Wildman–Crippen LogP) is 5.85. The number of nitrogens with one attached hydrogen (secondary N) is 1. The molecule has 114 valence electrons. The minimum absolute atomic E-state index is 0.699. The molecule has 0 spiro atoms. The molecular weight excluding hydrogens is 292 g/mol. The molecule has 0 atom stereocenters. The largest absolute Gasteiger partial charge is 0.354 e. The van der Waals surface area contributed by atoms with Crippen molar-refractivity contribution in [2.24, 2.45) is 0 Å². The van der Waals surface area contributed by atoms with Gasteiger partial charge in [-0.2, -0.15) is 0 Å². The molecule has 3 heteroatoms. The predicted molar refractivity (Wildman–Crippen MR) is 92.4 cm³/mol. The number of hydrogen-bond acceptors (Lipinski definition) is 2. The molecule has 1 fully saturated rings. The summed E-state index contributed by atoms with van der Waals surface area (Å²) in [5.41, 5.74) is 7.59. The maximum atomic E-state index is 6.26. The first kappa shape index (κ1) is 14.1. The zero-order valence-corrected chi connectivity index (χ0v) is 13.9. The van der Waals surface area contributed by atoms with Crippen molar-refractivity contribution in [1.82, 2.24) is 4.98 Å². The Kier molecular flexibility index (Phi) is 3.37. The second kappa shape index (κ2) is 5.27. The van der Waals surface area contributed by atoms with E-state index < -0.39 is 0 Å². The number of halogens is 1. The van der Waals surface area contributed by atoms with Crippen LogP contribution >= 0.6 is 11.6 Å². The third-order valence-corrected chi connectivity index (χ3v) is 5.76. The molecule has 0 radical (unpaired) electrons. The average Bonchev–Trinajstić information content (AvgIpc) is 2.54. The van der Waals surface area contributed by atoms with Crippen LogP contribution < -0.4 is 5.32 Å². The molecule has 1 aromatic heterocycles. The lowest BCUT2D eigenvalue weighted by Crippen LogP contribution is -2.24. The Bertz CT molecular complexity index is 730. The van der Waals surface area contributed by atoms with E-state index in [1.54, 1.807) is 0 Å². The molecule has 0 amide bonds. The normalized spacial score (nSPS) is 22.5. The number of fused-ring (bicyclic) bond motifs is 2. The van der Waals surface area contributed by atoms with Gasteiger partial charge in [0.05, 0.1) is 11.9 Å². The maximum Gasteiger partial charge on any atom is 0.0609 e. The zero-order chi connectivity index (χ0) is 15.3. The second-order valence-electron chi connectivity index (χ2n) is 6.72. The summed E-state index contributed by atoms with van der Waals surface area (Å²) in [6, 6.07) is 6.16. The van der Waals surface area contributed by atoms with Crippen LogP contribution in [0.25, 0.3) is 0 Å². The van der Waals surface area contributed by atoms with Gasteiger partial charge in [0, 0.05) is 16.4 Å². The molecule has 1 N–H and O–H groups in total. The number of nitrogens with zero attached hydrogens (tertiary/aromatic N) is 1. The van der Waals surface area contributed by atoms with Gasteiger partial charge in [-0.25, -0.2) is 0 Å². The fraction of sp³-hybridized carbons (Fsp3) is 0.421. The standard InChI is InChI=1S/C19H21ClN2/c1-11-3-8-15(9-16(11)20)22-17-10-21-12(2)18-13-4-6-14(7-5-13)19(17)18/h3,8-10,13-14,22H,4-7H2,1-2H3. The number of hydrogen-bond donors (Lipinski definition) is 1. The van der Waals surface area contributed by atoms with E-state index in [1.807, 2.05) is 19.2 Å². The topological polar surface area (TPSA) is 24.9 Å². The number of benzene rings is 1. The van der Waals surface area contributed by atoms with Gasteiger partial charge < -0.3 is 5.32 Å². The smallest absolute Gasteiger partial charge is 0.0609 e. The minimum atomic E-state index is 0.699.